The molecule has 0 bridgehead atoms. The van der Waals surface area contributed by atoms with Crippen LogP contribution in [0.25, 0.3) is 0 Å². The van der Waals surface area contributed by atoms with Crippen LogP contribution in [0.4, 0.5) is 0 Å². The van der Waals surface area contributed by atoms with Gasteiger partial charge < -0.3 is 5.73 Å². The van der Waals surface area contributed by atoms with E-state index >= 15 is 0 Å². The van der Waals surface area contributed by atoms with E-state index in [-0.39, 0.29) is 17.8 Å². The zero-order valence-corrected chi connectivity index (χ0v) is 7.01. The Bertz CT molecular complexity index is 113. The van der Waals surface area contributed by atoms with E-state index in [4.69, 9.17) is 5.73 Å². The average Bonchev–Trinajstić information content (AvgIpc) is 1.59. The van der Waals surface area contributed by atoms with E-state index in [0.29, 0.717) is 6.54 Å². The van der Waals surface area contributed by atoms with Gasteiger partial charge in [-0.05, 0) is 20.8 Å². The molecule has 0 aliphatic heterocycles. The van der Waals surface area contributed by atoms with Gasteiger partial charge in [0.1, 0.15) is 0 Å². The van der Waals surface area contributed by atoms with Crippen LogP contribution >= 0.6 is 12.4 Å². The van der Waals surface area contributed by atoms with Crippen molar-refractivity contribution in [1.82, 2.24) is 0 Å². The van der Waals surface area contributed by atoms with E-state index in [9.17, 15) is 0 Å². The second-order valence-electron chi connectivity index (χ2n) is 2.76. The minimum atomic E-state index is 0. The van der Waals surface area contributed by atoms with Crippen molar-refractivity contribution in [2.45, 2.75) is 20.8 Å². The highest BCUT2D eigenvalue weighted by Gasteiger charge is 2.01. The minimum Gasteiger partial charge on any atom is -0.320 e. The molecule has 0 aliphatic rings. The molecule has 0 unspecified atom stereocenters. The topological polar surface area (TPSA) is 26.0 Å². The molecule has 0 saturated carbocycles. The van der Waals surface area contributed by atoms with Crippen molar-refractivity contribution in [3.05, 3.63) is 0 Å². The lowest BCUT2D eigenvalue weighted by Crippen LogP contribution is -2.02. The van der Waals surface area contributed by atoms with Gasteiger partial charge in [0, 0.05) is 5.41 Å². The van der Waals surface area contributed by atoms with Crippen LogP contribution in [0.15, 0.2) is 0 Å². The zero-order chi connectivity index (χ0) is 6.62. The molecule has 0 radical (unpaired) electrons. The fourth-order valence-corrected chi connectivity index (χ4v) is 0.316. The monoisotopic (exact) mass is 147 g/mol. The third-order valence-corrected chi connectivity index (χ3v) is 0.565. The normalized spacial score (nSPS) is 8.89. The summed E-state index contributed by atoms with van der Waals surface area (Å²) in [6.45, 7) is 6.66. The van der Waals surface area contributed by atoms with E-state index in [1.54, 1.807) is 0 Å². The molecule has 0 aromatic rings. The van der Waals surface area contributed by atoms with Gasteiger partial charge in [-0.15, -0.1) is 12.4 Å². The van der Waals surface area contributed by atoms with Crippen molar-refractivity contribution >= 4 is 12.4 Å². The predicted octanol–water partition coefficient (Wildman–Crippen LogP) is 1.42. The molecule has 54 valence electrons. The Morgan fingerprint density at radius 1 is 1.33 bits per heavy atom. The second kappa shape index (κ2) is 4.67. The number of nitrogens with two attached hydrogens (primary N) is 1. The highest BCUT2D eigenvalue weighted by Crippen LogP contribution is 2.09. The van der Waals surface area contributed by atoms with Crippen LogP contribution in [0.3, 0.4) is 0 Å². The van der Waals surface area contributed by atoms with E-state index in [1.165, 1.54) is 0 Å². The third-order valence-electron chi connectivity index (χ3n) is 0.565. The van der Waals surface area contributed by atoms with Gasteiger partial charge in [-0.2, -0.15) is 0 Å². The van der Waals surface area contributed by atoms with Gasteiger partial charge in [-0.1, -0.05) is 11.8 Å². The van der Waals surface area contributed by atoms with Crippen molar-refractivity contribution in [2.75, 3.05) is 6.54 Å². The third kappa shape index (κ3) is 11.4. The van der Waals surface area contributed by atoms with Crippen LogP contribution in [0, 0.1) is 17.3 Å². The van der Waals surface area contributed by atoms with Crippen molar-refractivity contribution in [3.63, 3.8) is 0 Å². The van der Waals surface area contributed by atoms with Crippen molar-refractivity contribution in [1.29, 1.82) is 0 Å². The summed E-state index contributed by atoms with van der Waals surface area (Å²) in [6, 6.07) is 0. The fourth-order valence-electron chi connectivity index (χ4n) is 0.316. The van der Waals surface area contributed by atoms with Gasteiger partial charge in [-0.25, -0.2) is 0 Å². The Labute approximate surface area is 63.4 Å². The van der Waals surface area contributed by atoms with Gasteiger partial charge in [0.05, 0.1) is 6.54 Å². The molecule has 0 atom stereocenters. The lowest BCUT2D eigenvalue weighted by atomic mass is 9.98. The molecular weight excluding hydrogens is 134 g/mol. The highest BCUT2D eigenvalue weighted by molar-refractivity contribution is 5.85. The van der Waals surface area contributed by atoms with Crippen molar-refractivity contribution < 1.29 is 0 Å². The summed E-state index contributed by atoms with van der Waals surface area (Å²) in [7, 11) is 0. The van der Waals surface area contributed by atoms with Crippen molar-refractivity contribution in [2.24, 2.45) is 11.1 Å². The standard InChI is InChI=1S/C7H13N.ClH/c1-7(2,3)5-4-6-8;/h6,8H2,1-3H3;1H. The zero-order valence-electron chi connectivity index (χ0n) is 6.19. The van der Waals surface area contributed by atoms with Crippen LogP contribution in [0.1, 0.15) is 20.8 Å². The Kier molecular flexibility index (Phi) is 6.01. The predicted molar refractivity (Wildman–Crippen MR) is 43.5 cm³/mol. The Balaban J connectivity index is 0. The van der Waals surface area contributed by atoms with Crippen LogP contribution in [-0.2, 0) is 0 Å². The summed E-state index contributed by atoms with van der Waals surface area (Å²) in [5, 5.41) is 0. The first-order valence-electron chi connectivity index (χ1n) is 2.76. The number of hydrogen-bond acceptors (Lipinski definition) is 1. The average molecular weight is 148 g/mol. The molecule has 0 heterocycles. The first-order chi connectivity index (χ1) is 3.56. The van der Waals surface area contributed by atoms with Gasteiger partial charge in [-0.3, -0.25) is 0 Å². The molecule has 0 spiro atoms. The second-order valence-corrected chi connectivity index (χ2v) is 2.76. The van der Waals surface area contributed by atoms with Crippen LogP contribution in [-0.4, -0.2) is 6.54 Å². The summed E-state index contributed by atoms with van der Waals surface area (Å²) in [6.07, 6.45) is 0. The molecule has 0 fully saturated rings. The quantitative estimate of drug-likeness (QED) is 0.516. The molecule has 2 heteroatoms. The fraction of sp³-hybridized carbons (Fsp3) is 0.714. The molecule has 0 aromatic carbocycles. The van der Waals surface area contributed by atoms with E-state index in [2.05, 4.69) is 32.6 Å². The van der Waals surface area contributed by atoms with Crippen LogP contribution in [0.5, 0.6) is 0 Å². The molecule has 0 saturated heterocycles. The smallest absolute Gasteiger partial charge is 0.0551 e. The van der Waals surface area contributed by atoms with Crippen molar-refractivity contribution in [3.8, 4) is 11.8 Å². The Morgan fingerprint density at radius 2 is 1.78 bits per heavy atom. The van der Waals surface area contributed by atoms with E-state index < -0.39 is 0 Å². The van der Waals surface area contributed by atoms with Gasteiger partial charge >= 0.3 is 0 Å². The molecule has 0 aromatic heterocycles. The molecule has 0 aliphatic carbocycles. The lowest BCUT2D eigenvalue weighted by molar-refractivity contribution is 0.570. The summed E-state index contributed by atoms with van der Waals surface area (Å²) in [4.78, 5) is 0. The van der Waals surface area contributed by atoms with Crippen LogP contribution in [0.2, 0.25) is 0 Å². The lowest BCUT2D eigenvalue weighted by Gasteiger charge is -2.06. The Morgan fingerprint density at radius 3 is 1.89 bits per heavy atom. The highest BCUT2D eigenvalue weighted by atomic mass is 35.5. The SMILES string of the molecule is CC(C)(C)C#CCN.Cl. The number of halogens is 1. The minimum absolute atomic E-state index is 0. The number of hydrogen-bond donors (Lipinski definition) is 1. The van der Waals surface area contributed by atoms with E-state index in [0.717, 1.165) is 0 Å². The molecule has 0 rings (SSSR count). The van der Waals surface area contributed by atoms with Gasteiger partial charge in [0.2, 0.25) is 0 Å². The maximum absolute atomic E-state index is 5.16. The summed E-state index contributed by atoms with van der Waals surface area (Å²) >= 11 is 0. The number of rotatable bonds is 0. The summed E-state index contributed by atoms with van der Waals surface area (Å²) in [5.74, 6) is 5.81. The van der Waals surface area contributed by atoms with E-state index in [1.807, 2.05) is 0 Å². The summed E-state index contributed by atoms with van der Waals surface area (Å²) in [5.41, 5.74) is 5.27. The van der Waals surface area contributed by atoms with Gasteiger partial charge in [0.15, 0.2) is 0 Å². The van der Waals surface area contributed by atoms with Gasteiger partial charge in [0.25, 0.3) is 0 Å². The van der Waals surface area contributed by atoms with Crippen LogP contribution < -0.4 is 5.73 Å². The maximum Gasteiger partial charge on any atom is 0.0551 e. The molecule has 2 N–H and O–H groups in total. The summed E-state index contributed by atoms with van der Waals surface area (Å²) < 4.78 is 0. The molecular formula is C7H14ClN. The molecule has 1 nitrogen and oxygen atoms in total. The first-order valence-corrected chi connectivity index (χ1v) is 2.76. The first kappa shape index (κ1) is 11.6. The molecule has 9 heavy (non-hydrogen) atoms. The Hall–Kier alpha value is -0.190. The maximum atomic E-state index is 5.16. The molecule has 0 amide bonds. The largest absolute Gasteiger partial charge is 0.320 e.